The normalized spacial score (nSPS) is 10.6. The van der Waals surface area contributed by atoms with Gasteiger partial charge in [0.25, 0.3) is 5.91 Å². The summed E-state index contributed by atoms with van der Waals surface area (Å²) in [6, 6.07) is 23.3. The minimum atomic E-state index is -0.136. The highest BCUT2D eigenvalue weighted by Gasteiger charge is 2.13. The first-order valence-corrected chi connectivity index (χ1v) is 10.3. The Morgan fingerprint density at radius 2 is 1.62 bits per heavy atom. The molecule has 0 spiro atoms. The van der Waals surface area contributed by atoms with E-state index in [0.29, 0.717) is 30.2 Å². The quantitative estimate of drug-likeness (QED) is 0.448. The minimum absolute atomic E-state index is 0.136. The Labute approximate surface area is 187 Å². The van der Waals surface area contributed by atoms with Gasteiger partial charge >= 0.3 is 0 Å². The van der Waals surface area contributed by atoms with Crippen molar-refractivity contribution in [2.75, 3.05) is 14.2 Å². The summed E-state index contributed by atoms with van der Waals surface area (Å²) in [5.74, 6) is 1.23. The van der Waals surface area contributed by atoms with Gasteiger partial charge in [0, 0.05) is 30.6 Å². The topological polar surface area (TPSA) is 65.4 Å². The zero-order valence-corrected chi connectivity index (χ0v) is 18.1. The SMILES string of the molecule is COc1cc(CNC(=O)c2ccccc2-c2ccc(Cn3cccn3)cc2)cc(OC)c1. The van der Waals surface area contributed by atoms with Crippen LogP contribution >= 0.6 is 0 Å². The minimum Gasteiger partial charge on any atom is -0.497 e. The summed E-state index contributed by atoms with van der Waals surface area (Å²) in [6.07, 6.45) is 3.70. The van der Waals surface area contributed by atoms with E-state index < -0.39 is 0 Å². The molecule has 0 fully saturated rings. The van der Waals surface area contributed by atoms with Crippen molar-refractivity contribution in [2.45, 2.75) is 13.1 Å². The van der Waals surface area contributed by atoms with E-state index in [2.05, 4.69) is 22.5 Å². The lowest BCUT2D eigenvalue weighted by atomic mass is 9.98. The number of amides is 1. The van der Waals surface area contributed by atoms with E-state index in [4.69, 9.17) is 9.47 Å². The average molecular weight is 428 g/mol. The largest absolute Gasteiger partial charge is 0.497 e. The van der Waals surface area contributed by atoms with Crippen LogP contribution in [0.15, 0.2) is 85.2 Å². The number of carbonyl (C=O) groups is 1. The number of carbonyl (C=O) groups excluding carboxylic acids is 1. The van der Waals surface area contributed by atoms with Crippen LogP contribution in [0.5, 0.6) is 11.5 Å². The molecule has 0 saturated heterocycles. The van der Waals surface area contributed by atoms with Gasteiger partial charge in [0.1, 0.15) is 11.5 Å². The van der Waals surface area contributed by atoms with Crippen LogP contribution in [0.2, 0.25) is 0 Å². The molecule has 0 unspecified atom stereocenters. The number of ether oxygens (including phenoxy) is 2. The summed E-state index contributed by atoms with van der Waals surface area (Å²) in [6.45, 7) is 1.07. The molecule has 32 heavy (non-hydrogen) atoms. The molecule has 0 aliphatic carbocycles. The molecule has 1 amide bonds. The van der Waals surface area contributed by atoms with Gasteiger partial charge in [0.05, 0.1) is 20.8 Å². The van der Waals surface area contributed by atoms with Gasteiger partial charge in [-0.1, -0.05) is 42.5 Å². The van der Waals surface area contributed by atoms with E-state index in [1.54, 1.807) is 26.5 Å². The third-order valence-corrected chi connectivity index (χ3v) is 5.20. The molecule has 0 aliphatic rings. The molecule has 4 aromatic rings. The van der Waals surface area contributed by atoms with Crippen LogP contribution in [0.3, 0.4) is 0 Å². The van der Waals surface area contributed by atoms with Crippen LogP contribution in [-0.2, 0) is 13.1 Å². The molecule has 0 atom stereocenters. The second kappa shape index (κ2) is 9.83. The summed E-state index contributed by atoms with van der Waals surface area (Å²) in [4.78, 5) is 13.0. The Morgan fingerprint density at radius 1 is 0.906 bits per heavy atom. The molecule has 1 heterocycles. The van der Waals surface area contributed by atoms with Crippen LogP contribution < -0.4 is 14.8 Å². The van der Waals surface area contributed by atoms with E-state index in [1.165, 1.54) is 0 Å². The third kappa shape index (κ3) is 4.98. The summed E-state index contributed by atoms with van der Waals surface area (Å²) in [5.41, 5.74) is 4.55. The fourth-order valence-corrected chi connectivity index (χ4v) is 3.55. The van der Waals surface area contributed by atoms with Crippen molar-refractivity contribution >= 4 is 5.91 Å². The smallest absolute Gasteiger partial charge is 0.252 e. The predicted molar refractivity (Wildman–Crippen MR) is 124 cm³/mol. The van der Waals surface area contributed by atoms with Crippen molar-refractivity contribution in [3.63, 3.8) is 0 Å². The number of methoxy groups -OCH3 is 2. The molecule has 6 nitrogen and oxygen atoms in total. The van der Waals surface area contributed by atoms with Gasteiger partial charge in [-0.3, -0.25) is 9.48 Å². The monoisotopic (exact) mass is 427 g/mol. The molecule has 1 N–H and O–H groups in total. The highest BCUT2D eigenvalue weighted by Crippen LogP contribution is 2.25. The van der Waals surface area contributed by atoms with E-state index in [9.17, 15) is 4.79 Å². The van der Waals surface area contributed by atoms with Crippen molar-refractivity contribution < 1.29 is 14.3 Å². The van der Waals surface area contributed by atoms with Crippen molar-refractivity contribution in [1.82, 2.24) is 15.1 Å². The van der Waals surface area contributed by atoms with Crippen molar-refractivity contribution in [1.29, 1.82) is 0 Å². The maximum atomic E-state index is 13.0. The second-order valence-electron chi connectivity index (χ2n) is 7.35. The summed E-state index contributed by atoms with van der Waals surface area (Å²) in [5, 5.41) is 7.25. The first-order valence-electron chi connectivity index (χ1n) is 10.3. The second-order valence-corrected chi connectivity index (χ2v) is 7.35. The van der Waals surface area contributed by atoms with Gasteiger partial charge < -0.3 is 14.8 Å². The van der Waals surface area contributed by atoms with E-state index >= 15 is 0 Å². The zero-order chi connectivity index (χ0) is 22.3. The lowest BCUT2D eigenvalue weighted by Crippen LogP contribution is -2.23. The Hall–Kier alpha value is -4.06. The highest BCUT2D eigenvalue weighted by atomic mass is 16.5. The standard InChI is InChI=1S/C26H25N3O3/c1-31-22-14-20(15-23(16-22)32-2)17-27-26(30)25-7-4-3-6-24(25)21-10-8-19(9-11-21)18-29-13-5-12-28-29/h3-16H,17-18H2,1-2H3,(H,27,30). The molecule has 3 aromatic carbocycles. The van der Waals surface area contributed by atoms with Crippen LogP contribution in [0.4, 0.5) is 0 Å². The number of hydrogen-bond acceptors (Lipinski definition) is 4. The van der Waals surface area contributed by atoms with Gasteiger partial charge in [-0.25, -0.2) is 0 Å². The third-order valence-electron chi connectivity index (χ3n) is 5.20. The van der Waals surface area contributed by atoms with E-state index in [0.717, 1.165) is 22.3 Å². The molecular weight excluding hydrogens is 402 g/mol. The van der Waals surface area contributed by atoms with Gasteiger partial charge in [-0.15, -0.1) is 0 Å². The molecule has 0 aliphatic heterocycles. The molecule has 162 valence electrons. The Bertz CT molecular complexity index is 1160. The number of benzene rings is 3. The van der Waals surface area contributed by atoms with E-state index in [-0.39, 0.29) is 5.91 Å². The first kappa shape index (κ1) is 21.2. The molecular formula is C26H25N3O3. The summed E-state index contributed by atoms with van der Waals surface area (Å²) in [7, 11) is 3.21. The number of aromatic nitrogens is 2. The van der Waals surface area contributed by atoms with Crippen LogP contribution in [0, 0.1) is 0 Å². The van der Waals surface area contributed by atoms with Crippen LogP contribution in [0.25, 0.3) is 11.1 Å². The summed E-state index contributed by atoms with van der Waals surface area (Å²) < 4.78 is 12.5. The van der Waals surface area contributed by atoms with Gasteiger partial charge in [0.2, 0.25) is 0 Å². The Balaban J connectivity index is 1.50. The van der Waals surface area contributed by atoms with E-state index in [1.807, 2.05) is 65.5 Å². The van der Waals surface area contributed by atoms with Crippen LogP contribution in [-0.4, -0.2) is 29.9 Å². The van der Waals surface area contributed by atoms with Gasteiger partial charge in [-0.2, -0.15) is 5.10 Å². The lowest BCUT2D eigenvalue weighted by molar-refractivity contribution is 0.0951. The maximum absolute atomic E-state index is 13.0. The molecule has 6 heteroatoms. The van der Waals surface area contributed by atoms with Gasteiger partial charge in [-0.05, 0) is 46.5 Å². The Morgan fingerprint density at radius 3 is 2.28 bits per heavy atom. The molecule has 0 saturated carbocycles. The predicted octanol–water partition coefficient (Wildman–Crippen LogP) is 4.55. The summed E-state index contributed by atoms with van der Waals surface area (Å²) >= 11 is 0. The van der Waals surface area contributed by atoms with Crippen molar-refractivity contribution in [3.8, 4) is 22.6 Å². The first-order chi connectivity index (χ1) is 15.7. The molecule has 0 bridgehead atoms. The Kier molecular flexibility index (Phi) is 6.51. The fourth-order valence-electron chi connectivity index (χ4n) is 3.55. The molecule has 4 rings (SSSR count). The number of rotatable bonds is 8. The molecule has 0 radical (unpaired) electrons. The zero-order valence-electron chi connectivity index (χ0n) is 18.1. The van der Waals surface area contributed by atoms with Crippen molar-refractivity contribution in [3.05, 3.63) is 102 Å². The van der Waals surface area contributed by atoms with Gasteiger partial charge in [0.15, 0.2) is 0 Å². The number of nitrogens with zero attached hydrogens (tertiary/aromatic N) is 2. The lowest BCUT2D eigenvalue weighted by Gasteiger charge is -2.12. The average Bonchev–Trinajstić information content (AvgIpc) is 3.36. The highest BCUT2D eigenvalue weighted by molar-refractivity contribution is 6.00. The van der Waals surface area contributed by atoms with Crippen molar-refractivity contribution in [2.24, 2.45) is 0 Å². The number of hydrogen-bond donors (Lipinski definition) is 1. The fraction of sp³-hybridized carbons (Fsp3) is 0.154. The maximum Gasteiger partial charge on any atom is 0.252 e. The number of nitrogens with one attached hydrogen (secondary N) is 1. The van der Waals surface area contributed by atoms with Crippen LogP contribution in [0.1, 0.15) is 21.5 Å². The molecule has 1 aromatic heterocycles.